The first kappa shape index (κ1) is 16.9. The average Bonchev–Trinajstić information content (AvgIpc) is 2.54. The van der Waals surface area contributed by atoms with Gasteiger partial charge in [0, 0.05) is 17.3 Å². The van der Waals surface area contributed by atoms with Crippen molar-refractivity contribution in [3.05, 3.63) is 63.7 Å². The summed E-state index contributed by atoms with van der Waals surface area (Å²) in [4.78, 5) is 33.6. The fraction of sp³-hybridized carbons (Fsp3) is 0.125. The van der Waals surface area contributed by atoms with Gasteiger partial charge in [-0.3, -0.25) is 19.7 Å². The number of nitro benzene ring substituents is 1. The van der Waals surface area contributed by atoms with Crippen LogP contribution < -0.4 is 15.8 Å². The fourth-order valence-electron chi connectivity index (χ4n) is 2.01. The number of para-hydroxylation sites is 1. The van der Waals surface area contributed by atoms with Gasteiger partial charge in [0.15, 0.2) is 6.61 Å². The number of benzene rings is 2. The zero-order valence-corrected chi connectivity index (χ0v) is 12.8. The topological polar surface area (TPSA) is 125 Å². The summed E-state index contributed by atoms with van der Waals surface area (Å²) in [6.07, 6.45) is 0. The molecule has 0 spiro atoms. The van der Waals surface area contributed by atoms with Gasteiger partial charge in [0.25, 0.3) is 17.5 Å². The number of aryl methyl sites for hydroxylation is 1. The Kier molecular flexibility index (Phi) is 5.10. The van der Waals surface area contributed by atoms with E-state index in [0.29, 0.717) is 5.56 Å². The van der Waals surface area contributed by atoms with Crippen LogP contribution in [0.25, 0.3) is 0 Å². The van der Waals surface area contributed by atoms with Gasteiger partial charge in [0.05, 0.1) is 10.5 Å². The summed E-state index contributed by atoms with van der Waals surface area (Å²) >= 11 is 0. The fourth-order valence-corrected chi connectivity index (χ4v) is 2.01. The molecule has 3 N–H and O–H groups in total. The molecule has 2 amide bonds. The zero-order valence-electron chi connectivity index (χ0n) is 12.8. The lowest BCUT2D eigenvalue weighted by atomic mass is 10.1. The van der Waals surface area contributed by atoms with Crippen LogP contribution in [0.2, 0.25) is 0 Å². The number of ether oxygens (including phenoxy) is 1. The third kappa shape index (κ3) is 4.07. The molecule has 8 nitrogen and oxygen atoms in total. The molecule has 0 aliphatic rings. The number of carbonyl (C=O) groups is 2. The Balaban J connectivity index is 2.23. The van der Waals surface area contributed by atoms with Gasteiger partial charge in [-0.25, -0.2) is 0 Å². The number of hydrogen-bond acceptors (Lipinski definition) is 5. The average molecular weight is 329 g/mol. The first-order chi connectivity index (χ1) is 11.4. The van der Waals surface area contributed by atoms with Gasteiger partial charge < -0.3 is 15.8 Å². The van der Waals surface area contributed by atoms with Crippen molar-refractivity contribution in [2.24, 2.45) is 5.73 Å². The Hall–Kier alpha value is -3.42. The van der Waals surface area contributed by atoms with Crippen LogP contribution in [-0.2, 0) is 4.79 Å². The number of nitrogens with zero attached hydrogens (tertiary/aromatic N) is 1. The van der Waals surface area contributed by atoms with E-state index >= 15 is 0 Å². The molecular formula is C16H15N3O5. The lowest BCUT2D eigenvalue weighted by molar-refractivity contribution is -0.385. The van der Waals surface area contributed by atoms with Crippen molar-refractivity contribution < 1.29 is 19.2 Å². The summed E-state index contributed by atoms with van der Waals surface area (Å²) < 4.78 is 5.19. The van der Waals surface area contributed by atoms with E-state index in [1.807, 2.05) is 0 Å². The SMILES string of the molecule is Cc1ccc(NC(=O)c2ccccc2OCC(N)=O)cc1[N+](=O)[O-]. The molecule has 0 aromatic heterocycles. The quantitative estimate of drug-likeness (QED) is 0.619. The summed E-state index contributed by atoms with van der Waals surface area (Å²) in [6.45, 7) is 1.25. The first-order valence-corrected chi connectivity index (χ1v) is 6.95. The number of primary amides is 1. The van der Waals surface area contributed by atoms with Crippen molar-refractivity contribution in [2.45, 2.75) is 6.92 Å². The minimum Gasteiger partial charge on any atom is -0.483 e. The molecule has 0 saturated heterocycles. The van der Waals surface area contributed by atoms with E-state index in [4.69, 9.17) is 10.5 Å². The van der Waals surface area contributed by atoms with Crippen molar-refractivity contribution in [3.8, 4) is 5.75 Å². The molecule has 124 valence electrons. The van der Waals surface area contributed by atoms with Crippen molar-refractivity contribution in [2.75, 3.05) is 11.9 Å². The third-order valence-corrected chi connectivity index (χ3v) is 3.17. The van der Waals surface area contributed by atoms with Crippen LogP contribution in [-0.4, -0.2) is 23.3 Å². The van der Waals surface area contributed by atoms with Gasteiger partial charge in [-0.15, -0.1) is 0 Å². The van der Waals surface area contributed by atoms with Crippen LogP contribution in [0.1, 0.15) is 15.9 Å². The Morgan fingerprint density at radius 3 is 2.62 bits per heavy atom. The van der Waals surface area contributed by atoms with E-state index < -0.39 is 16.7 Å². The Bertz CT molecular complexity index is 804. The van der Waals surface area contributed by atoms with Crippen LogP contribution in [0.5, 0.6) is 5.75 Å². The molecule has 0 bridgehead atoms. The normalized spacial score (nSPS) is 10.0. The second-order valence-corrected chi connectivity index (χ2v) is 4.96. The second kappa shape index (κ2) is 7.23. The second-order valence-electron chi connectivity index (χ2n) is 4.96. The molecule has 0 unspecified atom stereocenters. The minimum absolute atomic E-state index is 0.0916. The highest BCUT2D eigenvalue weighted by molar-refractivity contribution is 6.06. The molecule has 2 aromatic carbocycles. The molecule has 0 saturated carbocycles. The molecule has 2 rings (SSSR count). The zero-order chi connectivity index (χ0) is 17.7. The van der Waals surface area contributed by atoms with E-state index in [1.165, 1.54) is 18.2 Å². The molecule has 2 aromatic rings. The van der Waals surface area contributed by atoms with Gasteiger partial charge in [0.2, 0.25) is 0 Å². The summed E-state index contributed by atoms with van der Waals surface area (Å²) in [7, 11) is 0. The lowest BCUT2D eigenvalue weighted by Crippen LogP contribution is -2.21. The molecule has 0 heterocycles. The van der Waals surface area contributed by atoms with E-state index in [1.54, 1.807) is 31.2 Å². The molecule has 8 heteroatoms. The smallest absolute Gasteiger partial charge is 0.274 e. The highest BCUT2D eigenvalue weighted by Crippen LogP contribution is 2.24. The maximum Gasteiger partial charge on any atom is 0.274 e. The number of hydrogen-bond donors (Lipinski definition) is 2. The van der Waals surface area contributed by atoms with Crippen LogP contribution in [0.4, 0.5) is 11.4 Å². The number of nitrogens with two attached hydrogens (primary N) is 1. The minimum atomic E-state index is -0.667. The molecule has 24 heavy (non-hydrogen) atoms. The van der Waals surface area contributed by atoms with E-state index in [0.717, 1.165) is 0 Å². The molecule has 0 aliphatic carbocycles. The Morgan fingerprint density at radius 2 is 1.96 bits per heavy atom. The van der Waals surface area contributed by atoms with Crippen molar-refractivity contribution in [3.63, 3.8) is 0 Å². The van der Waals surface area contributed by atoms with Crippen LogP contribution in [0, 0.1) is 17.0 Å². The van der Waals surface area contributed by atoms with E-state index in [9.17, 15) is 19.7 Å². The standard InChI is InChI=1S/C16H15N3O5/c1-10-6-7-11(8-13(10)19(22)23)18-16(21)12-4-2-3-5-14(12)24-9-15(17)20/h2-8H,9H2,1H3,(H2,17,20)(H,18,21). The van der Waals surface area contributed by atoms with Gasteiger partial charge in [-0.05, 0) is 25.1 Å². The summed E-state index contributed by atoms with van der Waals surface area (Å²) in [5.74, 6) is -0.997. The summed E-state index contributed by atoms with van der Waals surface area (Å²) in [6, 6.07) is 10.7. The number of nitrogens with one attached hydrogen (secondary N) is 1. The molecular weight excluding hydrogens is 314 g/mol. The van der Waals surface area contributed by atoms with Gasteiger partial charge in [-0.2, -0.15) is 0 Å². The monoisotopic (exact) mass is 329 g/mol. The number of nitro groups is 1. The maximum atomic E-state index is 12.4. The van der Waals surface area contributed by atoms with E-state index in [-0.39, 0.29) is 29.3 Å². The van der Waals surface area contributed by atoms with Gasteiger partial charge in [0.1, 0.15) is 5.75 Å². The predicted molar refractivity (Wildman–Crippen MR) is 86.9 cm³/mol. The Labute approximate surface area is 137 Å². The van der Waals surface area contributed by atoms with Crippen molar-refractivity contribution in [1.82, 2.24) is 0 Å². The van der Waals surface area contributed by atoms with Crippen LogP contribution in [0.3, 0.4) is 0 Å². The molecule has 0 radical (unpaired) electrons. The number of carbonyl (C=O) groups excluding carboxylic acids is 2. The third-order valence-electron chi connectivity index (χ3n) is 3.17. The molecule has 0 fully saturated rings. The first-order valence-electron chi connectivity index (χ1n) is 6.95. The van der Waals surface area contributed by atoms with Crippen LogP contribution in [0.15, 0.2) is 42.5 Å². The maximum absolute atomic E-state index is 12.4. The van der Waals surface area contributed by atoms with Gasteiger partial charge >= 0.3 is 0 Å². The van der Waals surface area contributed by atoms with Crippen LogP contribution >= 0.6 is 0 Å². The lowest BCUT2D eigenvalue weighted by Gasteiger charge is -2.11. The molecule has 0 aliphatic heterocycles. The summed E-state index contributed by atoms with van der Waals surface area (Å²) in [5.41, 5.74) is 5.88. The van der Waals surface area contributed by atoms with E-state index in [2.05, 4.69) is 5.32 Å². The predicted octanol–water partition coefficient (Wildman–Crippen LogP) is 2.02. The molecule has 0 atom stereocenters. The highest BCUT2D eigenvalue weighted by atomic mass is 16.6. The number of amides is 2. The summed E-state index contributed by atoms with van der Waals surface area (Å²) in [5, 5.41) is 13.5. The Morgan fingerprint density at radius 1 is 1.25 bits per heavy atom. The van der Waals surface area contributed by atoms with Gasteiger partial charge in [-0.1, -0.05) is 18.2 Å². The van der Waals surface area contributed by atoms with Crippen molar-refractivity contribution in [1.29, 1.82) is 0 Å². The highest BCUT2D eigenvalue weighted by Gasteiger charge is 2.16. The number of anilines is 1. The van der Waals surface area contributed by atoms with Crippen molar-refractivity contribution >= 4 is 23.2 Å². The largest absolute Gasteiger partial charge is 0.483 e. The number of rotatable bonds is 6.